The van der Waals surface area contributed by atoms with E-state index in [1.165, 1.54) is 18.0 Å². The molecule has 2 fully saturated rings. The van der Waals surface area contributed by atoms with Crippen molar-refractivity contribution >= 4 is 30.6 Å². The molecule has 1 aromatic heterocycles. The van der Waals surface area contributed by atoms with Gasteiger partial charge in [-0.15, -0.1) is 0 Å². The first-order valence-electron chi connectivity index (χ1n) is 20.3. The number of benzene rings is 4. The summed E-state index contributed by atoms with van der Waals surface area (Å²) in [5.74, 6) is 1.02. The van der Waals surface area contributed by atoms with Crippen molar-refractivity contribution in [2.75, 3.05) is 38.5 Å². The molecule has 17 heteroatoms. The predicted octanol–water partition coefficient (Wildman–Crippen LogP) is 7.29. The number of rotatable bonds is 20. The monoisotopic (exact) mass is 885 g/mol. The van der Waals surface area contributed by atoms with Crippen LogP contribution < -0.4 is 20.8 Å². The number of fused-ring (bicyclic) bond motifs is 1. The Hall–Kier alpha value is -4.74. The molecule has 2 aliphatic rings. The molecular formula is C45H52N5O10PS. The molecule has 2 saturated heterocycles. The van der Waals surface area contributed by atoms with Gasteiger partial charge in [-0.25, -0.2) is 19.4 Å². The lowest BCUT2D eigenvalue weighted by Crippen LogP contribution is -2.40. The summed E-state index contributed by atoms with van der Waals surface area (Å²) >= 11 is 1.13. The molecular weight excluding hydrogens is 834 g/mol. The maximum Gasteiger partial charge on any atom is 0.405 e. The molecule has 0 bridgehead atoms. The lowest BCUT2D eigenvalue weighted by atomic mass is 9.77. The van der Waals surface area contributed by atoms with E-state index in [-0.39, 0.29) is 36.6 Å². The number of ether oxygens (including phenoxy) is 5. The van der Waals surface area contributed by atoms with Gasteiger partial charge in [-0.05, 0) is 40.8 Å². The molecule has 0 radical (unpaired) electrons. The highest BCUT2D eigenvalue weighted by molar-refractivity contribution is 8.13. The molecule has 3 heterocycles. The molecule has 62 heavy (non-hydrogen) atoms. The highest BCUT2D eigenvalue weighted by Gasteiger charge is 2.55. The first-order chi connectivity index (χ1) is 30.0. The fraction of sp³-hybridized carbons (Fsp3) is 0.378. The summed E-state index contributed by atoms with van der Waals surface area (Å²) in [5.41, 5.74) is 1.24. The van der Waals surface area contributed by atoms with E-state index in [0.29, 0.717) is 12.2 Å². The van der Waals surface area contributed by atoms with Gasteiger partial charge >= 0.3 is 13.4 Å². The van der Waals surface area contributed by atoms with Gasteiger partial charge in [-0.3, -0.25) is 18.4 Å². The van der Waals surface area contributed by atoms with Crippen molar-refractivity contribution < 1.29 is 42.1 Å². The van der Waals surface area contributed by atoms with Gasteiger partial charge in [-0.1, -0.05) is 136 Å². The minimum atomic E-state index is -4.00. The Balaban J connectivity index is 1.13. The van der Waals surface area contributed by atoms with Gasteiger partial charge < -0.3 is 29.0 Å². The largest absolute Gasteiger partial charge is 0.497 e. The molecule has 6 atom stereocenters. The van der Waals surface area contributed by atoms with Gasteiger partial charge in [0.2, 0.25) is 5.95 Å². The number of aromatic nitrogens is 3. The smallest absolute Gasteiger partial charge is 0.405 e. The lowest BCUT2D eigenvalue weighted by Gasteiger charge is -2.37. The van der Waals surface area contributed by atoms with E-state index >= 15 is 0 Å². The van der Waals surface area contributed by atoms with Gasteiger partial charge in [0.15, 0.2) is 11.3 Å². The molecule has 15 nitrogen and oxygen atoms in total. The molecule has 7 rings (SSSR count). The number of methoxy groups -OCH3 is 2. The van der Waals surface area contributed by atoms with Gasteiger partial charge in [-0.2, -0.15) is 4.98 Å². The molecule has 2 N–H and O–H groups in total. The molecule has 4 aromatic carbocycles. The molecule has 5 aromatic rings. The summed E-state index contributed by atoms with van der Waals surface area (Å²) in [7, 11) is -0.964. The van der Waals surface area contributed by atoms with E-state index in [0.717, 1.165) is 34.0 Å². The number of hydrogen-bond acceptors (Lipinski definition) is 14. The van der Waals surface area contributed by atoms with Crippen molar-refractivity contribution in [3.63, 3.8) is 0 Å². The van der Waals surface area contributed by atoms with Crippen molar-refractivity contribution in [2.45, 2.75) is 70.3 Å². The van der Waals surface area contributed by atoms with Gasteiger partial charge in [0.25, 0.3) is 6.48 Å². The number of nitrogens with one attached hydrogen (secondary N) is 2. The normalized spacial score (nSPS) is 21.0. The van der Waals surface area contributed by atoms with Crippen molar-refractivity contribution in [1.82, 2.24) is 19.6 Å². The Bertz CT molecular complexity index is 2300. The Morgan fingerprint density at radius 1 is 0.839 bits per heavy atom. The third-order valence-electron chi connectivity index (χ3n) is 11.0. The number of hydrogen-bond donors (Lipinski definition) is 2. The van der Waals surface area contributed by atoms with Crippen LogP contribution >= 0.6 is 19.5 Å². The summed E-state index contributed by atoms with van der Waals surface area (Å²) < 4.78 is 56.7. The zero-order valence-corrected chi connectivity index (χ0v) is 37.0. The highest BCUT2D eigenvalue weighted by Crippen LogP contribution is 2.47. The highest BCUT2D eigenvalue weighted by atomic mass is 32.2. The summed E-state index contributed by atoms with van der Waals surface area (Å²) in [6.07, 6.45) is -1.61. The van der Waals surface area contributed by atoms with E-state index < -0.39 is 55.4 Å². The zero-order chi connectivity index (χ0) is 43.7. The van der Waals surface area contributed by atoms with Crippen molar-refractivity contribution in [1.29, 1.82) is 0 Å². The number of nitrogens with zero attached hydrogens (tertiary/aromatic N) is 3. The third kappa shape index (κ3) is 10.2. The Morgan fingerprint density at radius 2 is 1.45 bits per heavy atom. The Labute approximate surface area is 365 Å². The molecule has 0 saturated carbocycles. The molecule has 2 aliphatic heterocycles. The predicted molar refractivity (Wildman–Crippen MR) is 234 cm³/mol. The summed E-state index contributed by atoms with van der Waals surface area (Å²) in [6, 6.07) is 36.7. The van der Waals surface area contributed by atoms with Crippen LogP contribution in [0.2, 0.25) is 0 Å². The molecule has 6 unspecified atom stereocenters. The van der Waals surface area contributed by atoms with Crippen LogP contribution in [-0.2, 0) is 49.4 Å². The fourth-order valence-corrected chi connectivity index (χ4v) is 9.49. The molecule has 0 spiro atoms. The van der Waals surface area contributed by atoms with Gasteiger partial charge in [0.1, 0.15) is 35.9 Å². The second kappa shape index (κ2) is 20.2. The summed E-state index contributed by atoms with van der Waals surface area (Å²) in [4.78, 5) is 35.9. The van der Waals surface area contributed by atoms with E-state index in [2.05, 4.69) is 20.4 Å². The lowest BCUT2D eigenvalue weighted by molar-refractivity contribution is -0.256. The van der Waals surface area contributed by atoms with E-state index in [9.17, 15) is 14.2 Å². The first kappa shape index (κ1) is 45.3. The minimum absolute atomic E-state index is 0.0195. The van der Waals surface area contributed by atoms with Crippen LogP contribution in [0.1, 0.15) is 55.7 Å². The summed E-state index contributed by atoms with van der Waals surface area (Å²) in [6.45, 7) is 4.55. The molecule has 328 valence electrons. The Morgan fingerprint density at radius 3 is 2.05 bits per heavy atom. The number of carbonyl (C=O) groups is 1. The van der Waals surface area contributed by atoms with Crippen LogP contribution in [0.15, 0.2) is 126 Å². The number of thioether (sulfide) groups is 1. The quantitative estimate of drug-likeness (QED) is 0.0454. The average molecular weight is 886 g/mol. The maximum absolute atomic E-state index is 14.3. The SMILES string of the molecule is CCC(C)(C)C(=O)SCCOP(=O)(NCc1ccccc1)OCC1OC(n2cnc(NC(c3ccccc3)(c3ccccc3)c3ccc(OC)cc3)nc2=O)C2OC(OC)OC12. The number of carbonyl (C=O) groups excluding carboxylic acids is 1. The van der Waals surface area contributed by atoms with Crippen LogP contribution in [-0.4, -0.2) is 77.6 Å². The van der Waals surface area contributed by atoms with Crippen LogP contribution in [0.4, 0.5) is 5.95 Å². The molecule has 0 aliphatic carbocycles. The van der Waals surface area contributed by atoms with Crippen molar-refractivity contribution in [2.24, 2.45) is 5.41 Å². The number of anilines is 1. The van der Waals surface area contributed by atoms with E-state index in [1.54, 1.807) is 7.11 Å². The average Bonchev–Trinajstić information content (AvgIpc) is 3.89. The Kier molecular flexibility index (Phi) is 14.7. The second-order valence-corrected chi connectivity index (χ2v) is 18.2. The molecule has 0 amide bonds. The maximum atomic E-state index is 14.3. The van der Waals surface area contributed by atoms with Crippen LogP contribution in [0.3, 0.4) is 0 Å². The fourth-order valence-electron chi connectivity index (χ4n) is 7.17. The summed E-state index contributed by atoms with van der Waals surface area (Å²) in [5, 5.41) is 6.48. The van der Waals surface area contributed by atoms with Gasteiger partial charge in [0.05, 0.1) is 20.3 Å². The third-order valence-corrected chi connectivity index (χ3v) is 13.7. The van der Waals surface area contributed by atoms with E-state index in [4.69, 9.17) is 32.7 Å². The van der Waals surface area contributed by atoms with Crippen LogP contribution in [0.5, 0.6) is 5.75 Å². The van der Waals surface area contributed by atoms with Crippen LogP contribution in [0, 0.1) is 5.41 Å². The topological polar surface area (TPSA) is 171 Å². The van der Waals surface area contributed by atoms with Crippen molar-refractivity contribution in [3.05, 3.63) is 154 Å². The standard InChI is InChI=1S/C45H52N5O10PS/c1-6-44(2,3)40(51)62-27-26-56-61(53,47-28-31-16-10-7-11-17-31)57-29-36-37-38(60-43(55-5)59-37)39(58-36)50-30-46-41(48-42(50)52)49-45(32-18-12-8-13-19-32,33-20-14-9-15-21-33)34-22-24-35(54-4)25-23-34/h7-25,30,36-39,43H,6,26-29H2,1-5H3,(H,47,53)(H,48,49,52). The zero-order valence-electron chi connectivity index (χ0n) is 35.2. The van der Waals surface area contributed by atoms with Gasteiger partial charge in [0, 0.05) is 24.8 Å². The minimum Gasteiger partial charge on any atom is -0.497 e. The van der Waals surface area contributed by atoms with Crippen molar-refractivity contribution in [3.8, 4) is 5.75 Å². The first-order valence-corrected chi connectivity index (χ1v) is 22.8. The van der Waals surface area contributed by atoms with E-state index in [1.807, 2.05) is 136 Å². The second-order valence-electron chi connectivity index (χ2n) is 15.3. The van der Waals surface area contributed by atoms with Crippen LogP contribution in [0.25, 0.3) is 0 Å².